The maximum atomic E-state index is 12.1. The zero-order valence-electron chi connectivity index (χ0n) is 11.3. The lowest BCUT2D eigenvalue weighted by Gasteiger charge is -2.14. The standard InChI is InChI=1S/C12H18BrN3O3S/c1-2-3-5-16-12(17)11(13)10(7-14-16)15-9-4-6-20(18,19)8-9/h7,9,15H,2-6,8H2,1H3. The number of sulfone groups is 1. The molecule has 1 unspecified atom stereocenters. The van der Waals surface area contributed by atoms with Crippen LogP contribution in [-0.2, 0) is 16.4 Å². The molecule has 0 amide bonds. The predicted octanol–water partition coefficient (Wildman–Crippen LogP) is 1.40. The van der Waals surface area contributed by atoms with E-state index in [-0.39, 0.29) is 23.1 Å². The van der Waals surface area contributed by atoms with Crippen LogP contribution < -0.4 is 10.9 Å². The lowest BCUT2D eigenvalue weighted by Crippen LogP contribution is -2.27. The van der Waals surface area contributed by atoms with Crippen molar-refractivity contribution in [3.63, 3.8) is 0 Å². The van der Waals surface area contributed by atoms with Crippen LogP contribution in [0.25, 0.3) is 0 Å². The minimum atomic E-state index is -2.94. The Morgan fingerprint density at radius 1 is 1.55 bits per heavy atom. The average molecular weight is 364 g/mol. The van der Waals surface area contributed by atoms with Crippen molar-refractivity contribution in [2.45, 2.75) is 38.8 Å². The summed E-state index contributed by atoms with van der Waals surface area (Å²) < 4.78 is 24.7. The van der Waals surface area contributed by atoms with Crippen LogP contribution in [0.3, 0.4) is 0 Å². The average Bonchev–Trinajstić information content (AvgIpc) is 2.74. The quantitative estimate of drug-likeness (QED) is 0.854. The van der Waals surface area contributed by atoms with Gasteiger partial charge in [0.05, 0.1) is 23.4 Å². The fourth-order valence-electron chi connectivity index (χ4n) is 2.16. The summed E-state index contributed by atoms with van der Waals surface area (Å²) in [5, 5.41) is 7.20. The second-order valence-corrected chi connectivity index (χ2v) is 8.02. The first kappa shape index (κ1) is 15.5. The third kappa shape index (κ3) is 3.60. The third-order valence-electron chi connectivity index (χ3n) is 3.30. The summed E-state index contributed by atoms with van der Waals surface area (Å²) >= 11 is 3.27. The number of hydrogen-bond donors (Lipinski definition) is 1. The molecule has 0 spiro atoms. The molecule has 0 saturated carbocycles. The molecule has 0 bridgehead atoms. The number of rotatable bonds is 5. The Morgan fingerprint density at radius 3 is 2.90 bits per heavy atom. The Bertz CT molecular complexity index is 642. The lowest BCUT2D eigenvalue weighted by molar-refractivity contribution is 0.541. The summed E-state index contributed by atoms with van der Waals surface area (Å²) in [6.45, 7) is 2.64. The van der Waals surface area contributed by atoms with Crippen LogP contribution in [0.5, 0.6) is 0 Å². The highest BCUT2D eigenvalue weighted by Crippen LogP contribution is 2.21. The number of hydrogen-bond acceptors (Lipinski definition) is 5. The zero-order valence-corrected chi connectivity index (χ0v) is 13.7. The summed E-state index contributed by atoms with van der Waals surface area (Å²) in [6.07, 6.45) is 4.03. The van der Waals surface area contributed by atoms with E-state index in [0.29, 0.717) is 23.1 Å². The van der Waals surface area contributed by atoms with E-state index in [0.717, 1.165) is 12.8 Å². The first-order valence-electron chi connectivity index (χ1n) is 6.65. The van der Waals surface area contributed by atoms with Gasteiger partial charge >= 0.3 is 0 Å². The molecule has 1 aliphatic heterocycles. The van der Waals surface area contributed by atoms with Gasteiger partial charge in [0.1, 0.15) is 4.47 Å². The maximum Gasteiger partial charge on any atom is 0.283 e. The molecule has 1 aliphatic rings. The molecular formula is C12H18BrN3O3S. The van der Waals surface area contributed by atoms with Crippen LogP contribution in [-0.4, -0.2) is 35.7 Å². The molecule has 0 radical (unpaired) electrons. The number of aromatic nitrogens is 2. The number of halogens is 1. The Hall–Kier alpha value is -0.890. The molecule has 1 fully saturated rings. The SMILES string of the molecule is CCCCn1ncc(NC2CCS(=O)(=O)C2)c(Br)c1=O. The van der Waals surface area contributed by atoms with Gasteiger partial charge in [-0.05, 0) is 28.8 Å². The van der Waals surface area contributed by atoms with E-state index in [1.165, 1.54) is 4.68 Å². The van der Waals surface area contributed by atoms with Crippen LogP contribution in [0, 0.1) is 0 Å². The molecule has 112 valence electrons. The zero-order chi connectivity index (χ0) is 14.8. The summed E-state index contributed by atoms with van der Waals surface area (Å²) in [7, 11) is -2.94. The highest BCUT2D eigenvalue weighted by Gasteiger charge is 2.28. The Labute approximate surface area is 126 Å². The highest BCUT2D eigenvalue weighted by molar-refractivity contribution is 9.10. The summed E-state index contributed by atoms with van der Waals surface area (Å²) in [6, 6.07) is -0.149. The minimum Gasteiger partial charge on any atom is -0.379 e. The second-order valence-electron chi connectivity index (χ2n) is 5.00. The van der Waals surface area contributed by atoms with Gasteiger partial charge in [-0.15, -0.1) is 0 Å². The van der Waals surface area contributed by atoms with Gasteiger partial charge < -0.3 is 5.32 Å². The van der Waals surface area contributed by atoms with Crippen molar-refractivity contribution >= 4 is 31.5 Å². The molecule has 0 aromatic carbocycles. The number of aryl methyl sites for hydroxylation is 1. The van der Waals surface area contributed by atoms with E-state index in [2.05, 4.69) is 33.3 Å². The molecule has 0 aliphatic carbocycles. The van der Waals surface area contributed by atoms with Crippen molar-refractivity contribution in [2.24, 2.45) is 0 Å². The lowest BCUT2D eigenvalue weighted by atomic mass is 10.2. The van der Waals surface area contributed by atoms with E-state index < -0.39 is 9.84 Å². The number of nitrogens with one attached hydrogen (secondary N) is 1. The van der Waals surface area contributed by atoms with Crippen LogP contribution in [0.1, 0.15) is 26.2 Å². The largest absolute Gasteiger partial charge is 0.379 e. The fraction of sp³-hybridized carbons (Fsp3) is 0.667. The maximum absolute atomic E-state index is 12.1. The van der Waals surface area contributed by atoms with Crippen molar-refractivity contribution in [3.05, 3.63) is 21.0 Å². The molecule has 1 atom stereocenters. The van der Waals surface area contributed by atoms with E-state index in [1.54, 1.807) is 6.20 Å². The monoisotopic (exact) mass is 363 g/mol. The van der Waals surface area contributed by atoms with Crippen LogP contribution in [0.15, 0.2) is 15.5 Å². The summed E-state index contributed by atoms with van der Waals surface area (Å²) in [4.78, 5) is 12.1. The first-order chi connectivity index (χ1) is 9.43. The van der Waals surface area contributed by atoms with Gasteiger partial charge in [-0.2, -0.15) is 5.10 Å². The Kier molecular flexibility index (Phi) is 4.85. The first-order valence-corrected chi connectivity index (χ1v) is 9.27. The molecule has 6 nitrogen and oxygen atoms in total. The van der Waals surface area contributed by atoms with Crippen molar-refractivity contribution in [3.8, 4) is 0 Å². The molecule has 2 heterocycles. The topological polar surface area (TPSA) is 81.1 Å². The van der Waals surface area contributed by atoms with Crippen molar-refractivity contribution in [1.82, 2.24) is 9.78 Å². The van der Waals surface area contributed by atoms with Gasteiger partial charge in [0.2, 0.25) is 0 Å². The molecular weight excluding hydrogens is 346 g/mol. The predicted molar refractivity (Wildman–Crippen MR) is 81.8 cm³/mol. The van der Waals surface area contributed by atoms with Crippen molar-refractivity contribution < 1.29 is 8.42 Å². The highest BCUT2D eigenvalue weighted by atomic mass is 79.9. The van der Waals surface area contributed by atoms with Gasteiger partial charge in [-0.1, -0.05) is 13.3 Å². The molecule has 1 aromatic heterocycles. The van der Waals surface area contributed by atoms with Crippen molar-refractivity contribution in [1.29, 1.82) is 0 Å². The number of unbranched alkanes of at least 4 members (excludes halogenated alkanes) is 1. The van der Waals surface area contributed by atoms with Gasteiger partial charge in [0, 0.05) is 12.6 Å². The van der Waals surface area contributed by atoms with Gasteiger partial charge in [-0.25, -0.2) is 13.1 Å². The van der Waals surface area contributed by atoms with E-state index in [9.17, 15) is 13.2 Å². The second kappa shape index (κ2) is 6.26. The number of anilines is 1. The van der Waals surface area contributed by atoms with Gasteiger partial charge in [0.15, 0.2) is 9.84 Å². The molecule has 2 rings (SSSR count). The minimum absolute atomic E-state index is 0.109. The Balaban J connectivity index is 2.14. The molecule has 8 heteroatoms. The van der Waals surface area contributed by atoms with E-state index in [4.69, 9.17) is 0 Å². The van der Waals surface area contributed by atoms with Crippen molar-refractivity contribution in [2.75, 3.05) is 16.8 Å². The smallest absolute Gasteiger partial charge is 0.283 e. The molecule has 1 saturated heterocycles. The third-order valence-corrected chi connectivity index (χ3v) is 5.83. The number of nitrogens with zero attached hydrogens (tertiary/aromatic N) is 2. The molecule has 1 N–H and O–H groups in total. The summed E-state index contributed by atoms with van der Waals surface area (Å²) in [5.41, 5.74) is 0.370. The molecule has 20 heavy (non-hydrogen) atoms. The fourth-order valence-corrected chi connectivity index (χ4v) is 4.26. The normalized spacial score (nSPS) is 21.0. The van der Waals surface area contributed by atoms with Crippen LogP contribution in [0.4, 0.5) is 5.69 Å². The van der Waals surface area contributed by atoms with E-state index >= 15 is 0 Å². The van der Waals surface area contributed by atoms with Gasteiger partial charge in [-0.3, -0.25) is 4.79 Å². The van der Waals surface area contributed by atoms with Crippen LogP contribution >= 0.6 is 15.9 Å². The van der Waals surface area contributed by atoms with Gasteiger partial charge in [0.25, 0.3) is 5.56 Å². The molecule has 1 aromatic rings. The Morgan fingerprint density at radius 2 is 2.30 bits per heavy atom. The van der Waals surface area contributed by atoms with Crippen LogP contribution in [0.2, 0.25) is 0 Å². The summed E-state index contributed by atoms with van der Waals surface area (Å²) in [5.74, 6) is 0.307. The van der Waals surface area contributed by atoms with E-state index in [1.807, 2.05) is 0 Å².